The van der Waals surface area contributed by atoms with E-state index in [0.717, 1.165) is 44.0 Å². The van der Waals surface area contributed by atoms with Gasteiger partial charge in [0.25, 0.3) is 0 Å². The van der Waals surface area contributed by atoms with E-state index in [2.05, 4.69) is 60.0 Å². The Bertz CT molecular complexity index is 973. The van der Waals surface area contributed by atoms with Crippen LogP contribution in [-0.4, -0.2) is 59.1 Å². The molecule has 4 nitrogen and oxygen atoms in total. The van der Waals surface area contributed by atoms with Crippen LogP contribution in [-0.2, 0) is 11.2 Å². The third-order valence-corrected chi connectivity index (χ3v) is 8.52. The van der Waals surface area contributed by atoms with E-state index in [0.29, 0.717) is 5.92 Å². The summed E-state index contributed by atoms with van der Waals surface area (Å²) in [7, 11) is 0. The predicted octanol–water partition coefficient (Wildman–Crippen LogP) is 7.48. The van der Waals surface area contributed by atoms with Gasteiger partial charge in [-0.05, 0) is 106 Å². The van der Waals surface area contributed by atoms with Gasteiger partial charge < -0.3 is 10.0 Å². The van der Waals surface area contributed by atoms with Crippen molar-refractivity contribution in [3.05, 3.63) is 71.5 Å². The first-order valence-corrected chi connectivity index (χ1v) is 13.9. The van der Waals surface area contributed by atoms with Gasteiger partial charge in [-0.25, -0.2) is 4.39 Å². The number of piperidine rings is 1. The highest BCUT2D eigenvalue weighted by molar-refractivity contribution is 5.86. The van der Waals surface area contributed by atoms with Crippen LogP contribution in [0.1, 0.15) is 69.4 Å². The average molecular weight is 604 g/mol. The number of carboxylic acid groups (broad SMARTS) is 1. The van der Waals surface area contributed by atoms with Gasteiger partial charge in [-0.2, -0.15) is 0 Å². The average Bonchev–Trinajstić information content (AvgIpc) is 3.27. The minimum atomic E-state index is -0.774. The molecule has 220 valence electrons. The van der Waals surface area contributed by atoms with E-state index < -0.39 is 5.97 Å². The van der Waals surface area contributed by atoms with E-state index in [4.69, 9.17) is 0 Å². The first kappa shape index (κ1) is 35.7. The molecule has 1 aliphatic heterocycles. The zero-order valence-electron chi connectivity index (χ0n) is 23.2. The molecule has 3 unspecified atom stereocenters. The smallest absolute Gasteiger partial charge is 0.317 e. The number of carboxylic acids is 1. The van der Waals surface area contributed by atoms with Crippen LogP contribution < -0.4 is 0 Å². The number of nitrogens with zero attached hydrogens (tertiary/aromatic N) is 2. The quantitative estimate of drug-likeness (QED) is 0.289. The van der Waals surface area contributed by atoms with Crippen LogP contribution in [0.3, 0.4) is 0 Å². The number of carbonyl (C=O) groups is 1. The van der Waals surface area contributed by atoms with Crippen molar-refractivity contribution >= 4 is 43.2 Å². The SMILES string of the molecule is CC(C)N(CC(=O)O)C1CC(CN2CCC(CCCc3ccccc3)CC2)C(c2cccc(F)c2)C1.Cl.Cl.Cl. The maximum absolute atomic E-state index is 14.1. The van der Waals surface area contributed by atoms with Gasteiger partial charge in [-0.15, -0.1) is 37.2 Å². The largest absolute Gasteiger partial charge is 0.480 e. The van der Waals surface area contributed by atoms with E-state index >= 15 is 0 Å². The summed E-state index contributed by atoms with van der Waals surface area (Å²) in [6, 6.07) is 18.2. The number of aryl methyl sites for hydroxylation is 1. The highest BCUT2D eigenvalue weighted by Crippen LogP contribution is 2.43. The third kappa shape index (κ3) is 10.5. The van der Waals surface area contributed by atoms with Crippen LogP contribution >= 0.6 is 37.2 Å². The number of benzene rings is 2. The molecule has 0 radical (unpaired) electrons. The molecule has 0 spiro atoms. The second-order valence-electron chi connectivity index (χ2n) is 11.3. The molecule has 3 atom stereocenters. The van der Waals surface area contributed by atoms with Gasteiger partial charge >= 0.3 is 5.97 Å². The molecule has 1 saturated carbocycles. The van der Waals surface area contributed by atoms with Gasteiger partial charge in [-0.3, -0.25) is 9.69 Å². The van der Waals surface area contributed by atoms with Crippen LogP contribution in [0, 0.1) is 17.7 Å². The Hall–Kier alpha value is -1.37. The molecular weight excluding hydrogens is 558 g/mol. The van der Waals surface area contributed by atoms with Gasteiger partial charge in [0.05, 0.1) is 6.54 Å². The van der Waals surface area contributed by atoms with Crippen LogP contribution in [0.15, 0.2) is 54.6 Å². The van der Waals surface area contributed by atoms with Crippen molar-refractivity contribution in [3.63, 3.8) is 0 Å². The number of likely N-dealkylation sites (tertiary alicyclic amines) is 1. The van der Waals surface area contributed by atoms with Crippen LogP contribution in [0.25, 0.3) is 0 Å². The highest BCUT2D eigenvalue weighted by Gasteiger charge is 2.40. The number of hydrogen-bond donors (Lipinski definition) is 1. The normalized spacial score (nSPS) is 21.7. The molecule has 1 aliphatic carbocycles. The molecule has 4 rings (SSSR count). The Morgan fingerprint density at radius 1 is 1.03 bits per heavy atom. The molecule has 1 saturated heterocycles. The topological polar surface area (TPSA) is 43.8 Å². The summed E-state index contributed by atoms with van der Waals surface area (Å²) < 4.78 is 14.1. The number of halogens is 4. The van der Waals surface area contributed by atoms with Crippen molar-refractivity contribution in [2.45, 2.75) is 76.8 Å². The number of hydrogen-bond acceptors (Lipinski definition) is 3. The molecule has 1 heterocycles. The first-order valence-electron chi connectivity index (χ1n) is 13.9. The van der Waals surface area contributed by atoms with Crippen molar-refractivity contribution in [1.29, 1.82) is 0 Å². The van der Waals surface area contributed by atoms with Crippen molar-refractivity contribution in [2.24, 2.45) is 11.8 Å². The fourth-order valence-electron chi connectivity index (χ4n) is 6.63. The maximum Gasteiger partial charge on any atom is 0.317 e. The van der Waals surface area contributed by atoms with Gasteiger partial charge in [0.15, 0.2) is 0 Å². The van der Waals surface area contributed by atoms with Crippen molar-refractivity contribution in [2.75, 3.05) is 26.2 Å². The second-order valence-corrected chi connectivity index (χ2v) is 11.3. The predicted molar refractivity (Wildman–Crippen MR) is 165 cm³/mol. The lowest BCUT2D eigenvalue weighted by Gasteiger charge is -2.35. The molecule has 0 aromatic heterocycles. The van der Waals surface area contributed by atoms with E-state index in [9.17, 15) is 14.3 Å². The van der Waals surface area contributed by atoms with Gasteiger partial charge in [0.1, 0.15) is 5.82 Å². The fourth-order valence-corrected chi connectivity index (χ4v) is 6.63. The summed E-state index contributed by atoms with van der Waals surface area (Å²) in [5.74, 6) is 0.541. The Morgan fingerprint density at radius 3 is 2.33 bits per heavy atom. The molecule has 0 bridgehead atoms. The van der Waals surface area contributed by atoms with E-state index in [1.54, 1.807) is 6.07 Å². The van der Waals surface area contributed by atoms with Crippen LogP contribution in [0.2, 0.25) is 0 Å². The minimum Gasteiger partial charge on any atom is -0.480 e. The first-order chi connectivity index (χ1) is 17.4. The summed E-state index contributed by atoms with van der Waals surface area (Å²) in [6.07, 6.45) is 8.12. The molecular formula is C31H46Cl3FN2O2. The van der Waals surface area contributed by atoms with Gasteiger partial charge in [0.2, 0.25) is 0 Å². The monoisotopic (exact) mass is 602 g/mol. The summed E-state index contributed by atoms with van der Waals surface area (Å²) in [6.45, 7) is 7.52. The van der Waals surface area contributed by atoms with E-state index in [-0.39, 0.29) is 67.6 Å². The van der Waals surface area contributed by atoms with Crippen molar-refractivity contribution < 1.29 is 14.3 Å². The van der Waals surface area contributed by atoms with Crippen molar-refractivity contribution in [3.8, 4) is 0 Å². The molecule has 1 N–H and O–H groups in total. The molecule has 2 aromatic carbocycles. The zero-order chi connectivity index (χ0) is 25.5. The standard InChI is InChI=1S/C31H43FN2O2.3ClH/c1-23(2)34(22-31(35)36)29-19-27(30(20-29)26-12-7-13-28(32)18-26)21-33-16-14-25(15-17-33)11-6-10-24-8-4-3-5-9-24;;;/h3-5,7-9,12-13,18,23,25,27,29-30H,6,10-11,14-17,19-22H2,1-2H3,(H,35,36);3*1H. The summed E-state index contributed by atoms with van der Waals surface area (Å²) in [4.78, 5) is 16.3. The lowest BCUT2D eigenvalue weighted by molar-refractivity contribution is -0.139. The van der Waals surface area contributed by atoms with E-state index in [1.807, 2.05) is 6.07 Å². The second kappa shape index (κ2) is 17.4. The Morgan fingerprint density at radius 2 is 1.72 bits per heavy atom. The third-order valence-electron chi connectivity index (χ3n) is 8.52. The summed E-state index contributed by atoms with van der Waals surface area (Å²) in [5, 5.41) is 9.49. The molecule has 8 heteroatoms. The Kier molecular flexibility index (Phi) is 15.9. The Balaban J connectivity index is 0.00000253. The fraction of sp³-hybridized carbons (Fsp3) is 0.581. The lowest BCUT2D eigenvalue weighted by atomic mass is 9.86. The zero-order valence-corrected chi connectivity index (χ0v) is 25.7. The number of rotatable bonds is 11. The van der Waals surface area contributed by atoms with Crippen LogP contribution in [0.4, 0.5) is 4.39 Å². The molecule has 2 fully saturated rings. The molecule has 2 aromatic rings. The molecule has 0 amide bonds. The van der Waals surface area contributed by atoms with E-state index in [1.165, 1.54) is 43.7 Å². The van der Waals surface area contributed by atoms with Gasteiger partial charge in [0, 0.05) is 18.6 Å². The summed E-state index contributed by atoms with van der Waals surface area (Å²) >= 11 is 0. The molecule has 39 heavy (non-hydrogen) atoms. The lowest BCUT2D eigenvalue weighted by Crippen LogP contribution is -2.43. The maximum atomic E-state index is 14.1. The summed E-state index contributed by atoms with van der Waals surface area (Å²) in [5.41, 5.74) is 2.50. The minimum absolute atomic E-state index is 0. The highest BCUT2D eigenvalue weighted by atomic mass is 35.5. The Labute approximate surface area is 253 Å². The van der Waals surface area contributed by atoms with Gasteiger partial charge in [-0.1, -0.05) is 48.9 Å². The molecule has 2 aliphatic rings. The van der Waals surface area contributed by atoms with Crippen LogP contribution in [0.5, 0.6) is 0 Å². The number of aliphatic carboxylic acids is 1. The van der Waals surface area contributed by atoms with Crippen molar-refractivity contribution in [1.82, 2.24) is 9.80 Å².